The number of hydrogen-bond acceptors (Lipinski definition) is 2. The van der Waals surface area contributed by atoms with Crippen LogP contribution in [0.5, 0.6) is 5.75 Å². The van der Waals surface area contributed by atoms with Crippen LogP contribution in [0.1, 0.15) is 22.7 Å². The molecule has 2 aromatic rings. The third-order valence-corrected chi connectivity index (χ3v) is 3.37. The Bertz CT molecular complexity index is 628. The number of halogens is 2. The van der Waals surface area contributed by atoms with Crippen LogP contribution in [0, 0.1) is 11.6 Å². The fraction of sp³-hybridized carbons (Fsp3) is 0.200. The first-order valence-electron chi connectivity index (χ1n) is 6.12. The molecule has 0 saturated heterocycles. The van der Waals surface area contributed by atoms with Crippen LogP contribution in [0.2, 0.25) is 0 Å². The van der Waals surface area contributed by atoms with Gasteiger partial charge in [-0.05, 0) is 23.8 Å². The smallest absolute Gasteiger partial charge is 0.128 e. The summed E-state index contributed by atoms with van der Waals surface area (Å²) in [6.45, 7) is 0.602. The average molecular weight is 261 g/mol. The maximum Gasteiger partial charge on any atom is 0.128 e. The van der Waals surface area contributed by atoms with Gasteiger partial charge in [-0.2, -0.15) is 0 Å². The molecule has 1 unspecified atom stereocenters. The number of fused-ring (bicyclic) bond motifs is 1. The number of nitrogens with two attached hydrogens (primary N) is 1. The third-order valence-electron chi connectivity index (χ3n) is 3.37. The van der Waals surface area contributed by atoms with Gasteiger partial charge in [0.05, 0.1) is 12.6 Å². The van der Waals surface area contributed by atoms with Crippen LogP contribution in [0.25, 0.3) is 0 Å². The second kappa shape index (κ2) is 4.63. The van der Waals surface area contributed by atoms with Crippen molar-refractivity contribution in [1.29, 1.82) is 0 Å². The minimum Gasteiger partial charge on any atom is -0.493 e. The van der Waals surface area contributed by atoms with Crippen molar-refractivity contribution in [3.8, 4) is 5.75 Å². The standard InChI is InChI=1S/C15H13F2NO/c16-10-4-5-13(17)12(8-10)14(18)11-3-1-2-9-6-7-19-15(9)11/h1-5,8,14H,6-7,18H2. The van der Waals surface area contributed by atoms with Crippen LogP contribution in [-0.4, -0.2) is 6.61 Å². The number of para-hydroxylation sites is 1. The van der Waals surface area contributed by atoms with Gasteiger partial charge in [-0.25, -0.2) is 8.78 Å². The summed E-state index contributed by atoms with van der Waals surface area (Å²) < 4.78 is 32.6. The van der Waals surface area contributed by atoms with E-state index < -0.39 is 17.7 Å². The van der Waals surface area contributed by atoms with E-state index in [0.29, 0.717) is 17.9 Å². The van der Waals surface area contributed by atoms with Gasteiger partial charge >= 0.3 is 0 Å². The Balaban J connectivity index is 2.07. The number of hydrogen-bond donors (Lipinski definition) is 1. The van der Waals surface area contributed by atoms with Crippen molar-refractivity contribution in [1.82, 2.24) is 0 Å². The molecule has 2 N–H and O–H groups in total. The molecule has 1 heterocycles. The molecular weight excluding hydrogens is 248 g/mol. The van der Waals surface area contributed by atoms with Gasteiger partial charge in [-0.3, -0.25) is 0 Å². The van der Waals surface area contributed by atoms with Crippen molar-refractivity contribution < 1.29 is 13.5 Å². The molecule has 0 fully saturated rings. The number of benzene rings is 2. The molecule has 98 valence electrons. The van der Waals surface area contributed by atoms with Crippen molar-refractivity contribution in [3.63, 3.8) is 0 Å². The number of ether oxygens (including phenoxy) is 1. The molecule has 3 rings (SSSR count). The minimum atomic E-state index is -0.733. The van der Waals surface area contributed by atoms with Crippen LogP contribution in [0.4, 0.5) is 8.78 Å². The zero-order valence-electron chi connectivity index (χ0n) is 10.2. The maximum absolute atomic E-state index is 13.8. The van der Waals surface area contributed by atoms with Crippen LogP contribution >= 0.6 is 0 Å². The lowest BCUT2D eigenvalue weighted by atomic mass is 9.96. The van der Waals surface area contributed by atoms with E-state index in [9.17, 15) is 8.78 Å². The lowest BCUT2D eigenvalue weighted by molar-refractivity contribution is 0.352. The van der Waals surface area contributed by atoms with Gasteiger partial charge in [-0.1, -0.05) is 18.2 Å². The largest absolute Gasteiger partial charge is 0.493 e. The summed E-state index contributed by atoms with van der Waals surface area (Å²) in [6, 6.07) is 8.18. The molecular formula is C15H13F2NO. The van der Waals surface area contributed by atoms with E-state index in [2.05, 4.69) is 0 Å². The summed E-state index contributed by atoms with van der Waals surface area (Å²) in [5, 5.41) is 0. The van der Waals surface area contributed by atoms with E-state index in [0.717, 1.165) is 30.2 Å². The van der Waals surface area contributed by atoms with E-state index in [-0.39, 0.29) is 5.56 Å². The molecule has 0 bridgehead atoms. The third kappa shape index (κ3) is 2.08. The molecule has 0 spiro atoms. The first-order valence-corrected chi connectivity index (χ1v) is 6.12. The summed E-state index contributed by atoms with van der Waals surface area (Å²) in [6.07, 6.45) is 0.821. The SMILES string of the molecule is NC(c1cc(F)ccc1F)c1cccc2c1OCC2. The van der Waals surface area contributed by atoms with Crippen molar-refractivity contribution in [2.24, 2.45) is 5.73 Å². The Labute approximate surface area is 109 Å². The lowest BCUT2D eigenvalue weighted by Crippen LogP contribution is -2.15. The molecule has 0 radical (unpaired) electrons. The average Bonchev–Trinajstić information content (AvgIpc) is 2.89. The minimum absolute atomic E-state index is 0.143. The van der Waals surface area contributed by atoms with Crippen LogP contribution < -0.4 is 10.5 Å². The molecule has 1 aliphatic heterocycles. The van der Waals surface area contributed by atoms with Crippen LogP contribution in [0.3, 0.4) is 0 Å². The first kappa shape index (κ1) is 12.1. The Morgan fingerprint density at radius 3 is 2.79 bits per heavy atom. The van der Waals surface area contributed by atoms with Gasteiger partial charge in [0, 0.05) is 17.5 Å². The zero-order chi connectivity index (χ0) is 13.4. The zero-order valence-corrected chi connectivity index (χ0v) is 10.2. The summed E-state index contributed by atoms with van der Waals surface area (Å²) in [5.41, 5.74) is 7.97. The van der Waals surface area contributed by atoms with E-state index >= 15 is 0 Å². The summed E-state index contributed by atoms with van der Waals surface area (Å²) in [7, 11) is 0. The molecule has 0 aromatic heterocycles. The maximum atomic E-state index is 13.8. The quantitative estimate of drug-likeness (QED) is 0.902. The van der Waals surface area contributed by atoms with Crippen LogP contribution in [-0.2, 0) is 6.42 Å². The highest BCUT2D eigenvalue weighted by molar-refractivity contribution is 5.48. The fourth-order valence-electron chi connectivity index (χ4n) is 2.41. The Morgan fingerprint density at radius 2 is 1.95 bits per heavy atom. The molecule has 2 nitrogen and oxygen atoms in total. The van der Waals surface area contributed by atoms with Gasteiger partial charge in [0.1, 0.15) is 17.4 Å². The molecule has 0 aliphatic carbocycles. The first-order chi connectivity index (χ1) is 9.16. The lowest BCUT2D eigenvalue weighted by Gasteiger charge is -2.16. The van der Waals surface area contributed by atoms with Crippen molar-refractivity contribution in [2.75, 3.05) is 6.61 Å². The van der Waals surface area contributed by atoms with E-state index in [1.165, 1.54) is 0 Å². The molecule has 0 saturated carbocycles. The summed E-state index contributed by atoms with van der Waals surface area (Å²) >= 11 is 0. The molecule has 19 heavy (non-hydrogen) atoms. The summed E-state index contributed by atoms with van der Waals surface area (Å²) in [4.78, 5) is 0. The predicted molar refractivity (Wildman–Crippen MR) is 68.0 cm³/mol. The molecule has 1 aliphatic rings. The predicted octanol–water partition coefficient (Wildman–Crippen LogP) is 2.95. The van der Waals surface area contributed by atoms with E-state index in [1.807, 2.05) is 12.1 Å². The highest BCUT2D eigenvalue weighted by atomic mass is 19.1. The molecule has 1 atom stereocenters. The van der Waals surface area contributed by atoms with Gasteiger partial charge < -0.3 is 10.5 Å². The van der Waals surface area contributed by atoms with Crippen LogP contribution in [0.15, 0.2) is 36.4 Å². The Morgan fingerprint density at radius 1 is 1.11 bits per heavy atom. The molecule has 0 amide bonds. The molecule has 2 aromatic carbocycles. The Kier molecular flexibility index (Phi) is 2.95. The second-order valence-electron chi connectivity index (χ2n) is 4.58. The monoisotopic (exact) mass is 261 g/mol. The van der Waals surface area contributed by atoms with Gasteiger partial charge in [-0.15, -0.1) is 0 Å². The highest BCUT2D eigenvalue weighted by Gasteiger charge is 2.22. The normalized spacial score (nSPS) is 14.9. The highest BCUT2D eigenvalue weighted by Crippen LogP contribution is 2.35. The van der Waals surface area contributed by atoms with Gasteiger partial charge in [0.15, 0.2) is 0 Å². The van der Waals surface area contributed by atoms with E-state index in [4.69, 9.17) is 10.5 Å². The van der Waals surface area contributed by atoms with Gasteiger partial charge in [0.25, 0.3) is 0 Å². The van der Waals surface area contributed by atoms with Crippen molar-refractivity contribution in [3.05, 3.63) is 64.7 Å². The van der Waals surface area contributed by atoms with E-state index in [1.54, 1.807) is 6.07 Å². The second-order valence-corrected chi connectivity index (χ2v) is 4.58. The number of rotatable bonds is 2. The fourth-order valence-corrected chi connectivity index (χ4v) is 2.41. The van der Waals surface area contributed by atoms with Crippen molar-refractivity contribution >= 4 is 0 Å². The summed E-state index contributed by atoms with van der Waals surface area (Å²) in [5.74, 6) is -0.302. The van der Waals surface area contributed by atoms with Crippen molar-refractivity contribution in [2.45, 2.75) is 12.5 Å². The van der Waals surface area contributed by atoms with Gasteiger partial charge in [0.2, 0.25) is 0 Å². The molecule has 4 heteroatoms. The topological polar surface area (TPSA) is 35.2 Å². The Hall–Kier alpha value is -1.94.